The fraction of sp³-hybridized carbons (Fsp3) is 0.286. The first-order valence-corrected chi connectivity index (χ1v) is 6.16. The van der Waals surface area contributed by atoms with Crippen LogP contribution in [0.25, 0.3) is 11.3 Å². The Kier molecular flexibility index (Phi) is 4.22. The van der Waals surface area contributed by atoms with Crippen LogP contribution >= 0.6 is 0 Å². The lowest BCUT2D eigenvalue weighted by atomic mass is 10.1. The van der Waals surface area contributed by atoms with Gasteiger partial charge in [-0.1, -0.05) is 30.3 Å². The van der Waals surface area contributed by atoms with Gasteiger partial charge >= 0.3 is 6.18 Å². The Balaban J connectivity index is 2.30. The number of nitrogens with one attached hydrogen (secondary N) is 1. The monoisotopic (exact) mass is 281 g/mol. The van der Waals surface area contributed by atoms with Crippen molar-refractivity contribution in [3.05, 3.63) is 42.2 Å². The summed E-state index contributed by atoms with van der Waals surface area (Å²) >= 11 is 0. The van der Waals surface area contributed by atoms with E-state index in [2.05, 4.69) is 15.3 Å². The first kappa shape index (κ1) is 14.3. The summed E-state index contributed by atoms with van der Waals surface area (Å²) in [4.78, 5) is 8.26. The minimum atomic E-state index is -4.20. The summed E-state index contributed by atoms with van der Waals surface area (Å²) in [5, 5.41) is 2.84. The number of alkyl halides is 3. The summed E-state index contributed by atoms with van der Waals surface area (Å²) in [7, 11) is 1.67. The average molecular weight is 281 g/mol. The van der Waals surface area contributed by atoms with Gasteiger partial charge in [0.25, 0.3) is 0 Å². The molecule has 0 radical (unpaired) electrons. The van der Waals surface area contributed by atoms with Crippen molar-refractivity contribution in [2.45, 2.75) is 19.0 Å². The maximum absolute atomic E-state index is 12.3. The molecule has 0 bridgehead atoms. The number of hydrogen-bond donors (Lipinski definition) is 1. The van der Waals surface area contributed by atoms with E-state index in [1.807, 2.05) is 30.3 Å². The highest BCUT2D eigenvalue weighted by molar-refractivity contribution is 5.62. The molecule has 0 aliphatic heterocycles. The quantitative estimate of drug-likeness (QED) is 0.929. The summed E-state index contributed by atoms with van der Waals surface area (Å²) in [5.74, 6) is 0.698. The minimum Gasteiger partial charge on any atom is -0.373 e. The van der Waals surface area contributed by atoms with Gasteiger partial charge in [0, 0.05) is 25.1 Å². The Labute approximate surface area is 114 Å². The summed E-state index contributed by atoms with van der Waals surface area (Å²) in [5.41, 5.74) is 1.46. The van der Waals surface area contributed by atoms with Gasteiger partial charge in [-0.25, -0.2) is 9.97 Å². The van der Waals surface area contributed by atoms with Crippen molar-refractivity contribution in [3.63, 3.8) is 0 Å². The molecule has 2 aromatic rings. The van der Waals surface area contributed by atoms with E-state index < -0.39 is 12.6 Å². The molecule has 0 atom stereocenters. The Morgan fingerprint density at radius 1 is 1.10 bits per heavy atom. The van der Waals surface area contributed by atoms with Gasteiger partial charge < -0.3 is 5.32 Å². The molecule has 2 rings (SSSR count). The van der Waals surface area contributed by atoms with Crippen LogP contribution in [0.15, 0.2) is 36.4 Å². The van der Waals surface area contributed by atoms with Crippen molar-refractivity contribution >= 4 is 5.82 Å². The second kappa shape index (κ2) is 5.90. The molecule has 3 nitrogen and oxygen atoms in total. The smallest absolute Gasteiger partial charge is 0.373 e. The number of anilines is 1. The van der Waals surface area contributed by atoms with Crippen molar-refractivity contribution in [2.24, 2.45) is 0 Å². The second-order valence-electron chi connectivity index (χ2n) is 4.29. The fourth-order valence-electron chi connectivity index (χ4n) is 1.75. The van der Waals surface area contributed by atoms with Crippen molar-refractivity contribution in [3.8, 4) is 11.3 Å². The molecule has 6 heteroatoms. The Hall–Kier alpha value is -2.11. The Bertz CT molecular complexity index is 568. The molecule has 1 aromatic heterocycles. The number of aryl methyl sites for hydroxylation is 1. The zero-order valence-corrected chi connectivity index (χ0v) is 10.9. The van der Waals surface area contributed by atoms with Crippen LogP contribution in [0, 0.1) is 0 Å². The molecule has 106 valence electrons. The molecule has 1 heterocycles. The molecule has 0 fully saturated rings. The molecule has 0 spiro atoms. The molecule has 0 amide bonds. The van der Waals surface area contributed by atoms with Crippen molar-refractivity contribution in [1.29, 1.82) is 0 Å². The highest BCUT2D eigenvalue weighted by Gasteiger charge is 2.27. The number of benzene rings is 1. The maximum atomic E-state index is 12.3. The molecule has 20 heavy (non-hydrogen) atoms. The number of hydrogen-bond acceptors (Lipinski definition) is 3. The van der Waals surface area contributed by atoms with Crippen LogP contribution in [0.1, 0.15) is 12.2 Å². The van der Waals surface area contributed by atoms with E-state index in [0.717, 1.165) is 5.56 Å². The highest BCUT2D eigenvalue weighted by atomic mass is 19.4. The second-order valence-corrected chi connectivity index (χ2v) is 4.29. The zero-order valence-electron chi connectivity index (χ0n) is 10.9. The largest absolute Gasteiger partial charge is 0.389 e. The van der Waals surface area contributed by atoms with E-state index in [-0.39, 0.29) is 12.2 Å². The summed E-state index contributed by atoms with van der Waals surface area (Å²) < 4.78 is 36.8. The van der Waals surface area contributed by atoms with E-state index in [1.165, 1.54) is 0 Å². The zero-order chi connectivity index (χ0) is 14.6. The van der Waals surface area contributed by atoms with Crippen LogP contribution in [-0.4, -0.2) is 23.2 Å². The molecular weight excluding hydrogens is 267 g/mol. The third-order valence-electron chi connectivity index (χ3n) is 2.73. The third-order valence-corrected chi connectivity index (χ3v) is 2.73. The lowest BCUT2D eigenvalue weighted by Crippen LogP contribution is -2.11. The van der Waals surface area contributed by atoms with E-state index in [9.17, 15) is 13.2 Å². The number of rotatable bonds is 4. The van der Waals surface area contributed by atoms with Crippen LogP contribution in [0.4, 0.5) is 19.0 Å². The first-order chi connectivity index (χ1) is 9.48. The molecule has 1 N–H and O–H groups in total. The molecule has 0 saturated carbocycles. The van der Waals surface area contributed by atoms with Crippen LogP contribution < -0.4 is 5.32 Å². The highest BCUT2D eigenvalue weighted by Crippen LogP contribution is 2.23. The average Bonchev–Trinajstić information content (AvgIpc) is 2.45. The molecule has 0 unspecified atom stereocenters. The van der Waals surface area contributed by atoms with Crippen LogP contribution in [0.3, 0.4) is 0 Å². The van der Waals surface area contributed by atoms with Crippen LogP contribution in [-0.2, 0) is 6.42 Å². The van der Waals surface area contributed by atoms with Gasteiger partial charge in [0.05, 0.1) is 12.1 Å². The Morgan fingerprint density at radius 3 is 2.40 bits per heavy atom. The predicted octanol–water partition coefficient (Wildman–Crippen LogP) is 3.68. The standard InChI is InChI=1S/C14H14F3N3/c1-18-13-9-11(10-5-3-2-4-6-10)19-12(20-13)7-8-14(15,16)17/h2-6,9H,7-8H2,1H3,(H,18,19,20). The van der Waals surface area contributed by atoms with Gasteiger partial charge in [-0.05, 0) is 0 Å². The van der Waals surface area contributed by atoms with Crippen molar-refractivity contribution in [2.75, 3.05) is 12.4 Å². The van der Waals surface area contributed by atoms with Gasteiger partial charge in [-0.2, -0.15) is 13.2 Å². The first-order valence-electron chi connectivity index (χ1n) is 6.16. The molecular formula is C14H14F3N3. The van der Waals surface area contributed by atoms with Gasteiger partial charge in [0.15, 0.2) is 0 Å². The summed E-state index contributed by atoms with van der Waals surface area (Å²) in [6.07, 6.45) is -5.35. The normalized spacial score (nSPS) is 11.4. The molecule has 0 aliphatic carbocycles. The third kappa shape index (κ3) is 3.94. The molecule has 0 aliphatic rings. The number of halogens is 3. The predicted molar refractivity (Wildman–Crippen MR) is 71.4 cm³/mol. The maximum Gasteiger partial charge on any atom is 0.389 e. The van der Waals surface area contributed by atoms with Crippen LogP contribution in [0.5, 0.6) is 0 Å². The Morgan fingerprint density at radius 2 is 1.80 bits per heavy atom. The van der Waals surface area contributed by atoms with E-state index in [1.54, 1.807) is 13.1 Å². The summed E-state index contributed by atoms with van der Waals surface area (Å²) in [6, 6.07) is 11.0. The number of nitrogens with zero attached hydrogens (tertiary/aromatic N) is 2. The van der Waals surface area contributed by atoms with Crippen molar-refractivity contribution < 1.29 is 13.2 Å². The fourth-order valence-corrected chi connectivity index (χ4v) is 1.75. The van der Waals surface area contributed by atoms with Gasteiger partial charge in [0.2, 0.25) is 0 Å². The minimum absolute atomic E-state index is 0.188. The SMILES string of the molecule is CNc1cc(-c2ccccc2)nc(CCC(F)(F)F)n1. The lowest BCUT2D eigenvalue weighted by Gasteiger charge is -2.09. The topological polar surface area (TPSA) is 37.8 Å². The van der Waals surface area contributed by atoms with Gasteiger partial charge in [-0.15, -0.1) is 0 Å². The summed E-state index contributed by atoms with van der Waals surface area (Å²) in [6.45, 7) is 0. The van der Waals surface area contributed by atoms with E-state index >= 15 is 0 Å². The van der Waals surface area contributed by atoms with Gasteiger partial charge in [-0.3, -0.25) is 0 Å². The molecule has 1 aromatic carbocycles. The molecule has 0 saturated heterocycles. The van der Waals surface area contributed by atoms with E-state index in [0.29, 0.717) is 11.5 Å². The van der Waals surface area contributed by atoms with Crippen LogP contribution in [0.2, 0.25) is 0 Å². The number of aromatic nitrogens is 2. The lowest BCUT2D eigenvalue weighted by molar-refractivity contribution is -0.134. The van der Waals surface area contributed by atoms with E-state index in [4.69, 9.17) is 0 Å². The van der Waals surface area contributed by atoms with Gasteiger partial charge in [0.1, 0.15) is 11.6 Å². The van der Waals surface area contributed by atoms with Crippen molar-refractivity contribution in [1.82, 2.24) is 9.97 Å².